The van der Waals surface area contributed by atoms with Crippen molar-refractivity contribution in [3.8, 4) is 0 Å². The number of anilines is 1. The standard InChI is InChI=1S/C16H23N3O2/c1-2-3-11-6-10(7-15(17)18-11)16(21)19-12-4-5-13(19)9-14(20)8-12/h6-7,12-14,20H,2-5,8-9H2,1H3,(H2,17,18). The fourth-order valence-electron chi connectivity index (χ4n) is 3.75. The molecule has 0 aromatic carbocycles. The van der Waals surface area contributed by atoms with Gasteiger partial charge in [0.05, 0.1) is 6.10 Å². The van der Waals surface area contributed by atoms with Gasteiger partial charge in [0.1, 0.15) is 5.82 Å². The zero-order valence-corrected chi connectivity index (χ0v) is 12.5. The Labute approximate surface area is 125 Å². The molecule has 0 saturated carbocycles. The molecular formula is C16H23N3O2. The van der Waals surface area contributed by atoms with Gasteiger partial charge in [-0.05, 0) is 44.2 Å². The number of hydrogen-bond donors (Lipinski definition) is 2. The third-order valence-corrected chi connectivity index (χ3v) is 4.59. The Bertz CT molecular complexity index is 532. The molecule has 2 aliphatic heterocycles. The number of nitrogens with two attached hydrogens (primary N) is 1. The summed E-state index contributed by atoms with van der Waals surface area (Å²) in [5.74, 6) is 0.453. The summed E-state index contributed by atoms with van der Waals surface area (Å²) in [5.41, 5.74) is 7.36. The summed E-state index contributed by atoms with van der Waals surface area (Å²) >= 11 is 0. The van der Waals surface area contributed by atoms with Crippen LogP contribution in [-0.4, -0.2) is 39.1 Å². The highest BCUT2D eigenvalue weighted by atomic mass is 16.3. The predicted molar refractivity (Wildman–Crippen MR) is 80.9 cm³/mol. The predicted octanol–water partition coefficient (Wildman–Crippen LogP) is 1.74. The van der Waals surface area contributed by atoms with Crippen LogP contribution in [0.2, 0.25) is 0 Å². The third kappa shape index (κ3) is 2.75. The van der Waals surface area contributed by atoms with Crippen LogP contribution in [0.15, 0.2) is 12.1 Å². The highest BCUT2D eigenvalue weighted by molar-refractivity contribution is 5.95. The molecule has 5 heteroatoms. The molecule has 2 unspecified atom stereocenters. The van der Waals surface area contributed by atoms with Crippen molar-refractivity contribution >= 4 is 11.7 Å². The molecule has 0 aliphatic carbocycles. The first-order chi connectivity index (χ1) is 10.1. The number of rotatable bonds is 3. The lowest BCUT2D eigenvalue weighted by molar-refractivity contribution is 0.0287. The summed E-state index contributed by atoms with van der Waals surface area (Å²) in [7, 11) is 0. The minimum absolute atomic E-state index is 0.0425. The number of aliphatic hydroxyl groups excluding tert-OH is 1. The van der Waals surface area contributed by atoms with E-state index < -0.39 is 0 Å². The highest BCUT2D eigenvalue weighted by Crippen LogP contribution is 2.36. The largest absolute Gasteiger partial charge is 0.393 e. The number of nitrogens with zero attached hydrogens (tertiary/aromatic N) is 2. The number of fused-ring (bicyclic) bond motifs is 2. The van der Waals surface area contributed by atoms with E-state index in [-0.39, 0.29) is 24.1 Å². The Balaban J connectivity index is 1.85. The number of aromatic nitrogens is 1. The van der Waals surface area contributed by atoms with Crippen LogP contribution >= 0.6 is 0 Å². The molecule has 2 bridgehead atoms. The second-order valence-electron chi connectivity index (χ2n) is 6.24. The van der Waals surface area contributed by atoms with E-state index in [9.17, 15) is 9.90 Å². The fourth-order valence-corrected chi connectivity index (χ4v) is 3.75. The van der Waals surface area contributed by atoms with Gasteiger partial charge in [-0.2, -0.15) is 0 Å². The zero-order valence-electron chi connectivity index (χ0n) is 12.5. The van der Waals surface area contributed by atoms with Gasteiger partial charge >= 0.3 is 0 Å². The van der Waals surface area contributed by atoms with Crippen molar-refractivity contribution in [1.29, 1.82) is 0 Å². The van der Waals surface area contributed by atoms with Gasteiger partial charge in [-0.25, -0.2) is 4.98 Å². The van der Waals surface area contributed by atoms with Gasteiger partial charge in [0.2, 0.25) is 0 Å². The van der Waals surface area contributed by atoms with E-state index in [1.807, 2.05) is 11.0 Å². The van der Waals surface area contributed by atoms with Crippen LogP contribution in [0.1, 0.15) is 55.1 Å². The molecule has 1 aromatic rings. The van der Waals surface area contributed by atoms with Gasteiger partial charge in [0, 0.05) is 23.3 Å². The minimum Gasteiger partial charge on any atom is -0.393 e. The number of carbonyl (C=O) groups excluding carboxylic acids is 1. The molecule has 21 heavy (non-hydrogen) atoms. The Morgan fingerprint density at radius 1 is 1.38 bits per heavy atom. The van der Waals surface area contributed by atoms with Crippen LogP contribution in [0.25, 0.3) is 0 Å². The molecule has 5 nitrogen and oxygen atoms in total. The molecule has 0 radical (unpaired) electrons. The van der Waals surface area contributed by atoms with Crippen LogP contribution in [0, 0.1) is 0 Å². The Kier molecular flexibility index (Phi) is 3.85. The van der Waals surface area contributed by atoms with E-state index in [1.165, 1.54) is 0 Å². The van der Waals surface area contributed by atoms with E-state index in [0.29, 0.717) is 24.2 Å². The highest BCUT2D eigenvalue weighted by Gasteiger charge is 2.43. The maximum atomic E-state index is 12.8. The molecule has 0 spiro atoms. The Morgan fingerprint density at radius 3 is 2.67 bits per heavy atom. The zero-order chi connectivity index (χ0) is 15.0. The molecule has 1 aromatic heterocycles. The smallest absolute Gasteiger partial charge is 0.254 e. The van der Waals surface area contributed by atoms with Gasteiger partial charge in [0.25, 0.3) is 5.91 Å². The van der Waals surface area contributed by atoms with Crippen LogP contribution in [-0.2, 0) is 6.42 Å². The normalized spacial score (nSPS) is 27.9. The van der Waals surface area contributed by atoms with E-state index in [2.05, 4.69) is 11.9 Å². The summed E-state index contributed by atoms with van der Waals surface area (Å²) in [5, 5.41) is 9.85. The molecule has 3 rings (SSSR count). The first kappa shape index (κ1) is 14.3. The minimum atomic E-state index is -0.260. The van der Waals surface area contributed by atoms with E-state index in [4.69, 9.17) is 5.73 Å². The van der Waals surface area contributed by atoms with Crippen LogP contribution < -0.4 is 5.73 Å². The van der Waals surface area contributed by atoms with Crippen LogP contribution in [0.4, 0.5) is 5.82 Å². The number of carbonyl (C=O) groups is 1. The first-order valence-corrected chi connectivity index (χ1v) is 7.85. The first-order valence-electron chi connectivity index (χ1n) is 7.85. The molecular weight excluding hydrogens is 266 g/mol. The number of amides is 1. The lowest BCUT2D eigenvalue weighted by atomic mass is 9.98. The second kappa shape index (κ2) is 5.64. The molecule has 3 heterocycles. The molecule has 2 aliphatic rings. The van der Waals surface area contributed by atoms with Crippen molar-refractivity contribution in [3.05, 3.63) is 23.4 Å². The maximum absolute atomic E-state index is 12.8. The van der Waals surface area contributed by atoms with Crippen molar-refractivity contribution in [2.75, 3.05) is 5.73 Å². The van der Waals surface area contributed by atoms with Crippen LogP contribution in [0.5, 0.6) is 0 Å². The summed E-state index contributed by atoms with van der Waals surface area (Å²) in [6.07, 6.45) is 4.94. The average molecular weight is 289 g/mol. The molecule has 2 fully saturated rings. The second-order valence-corrected chi connectivity index (χ2v) is 6.24. The van der Waals surface area contributed by atoms with Crippen molar-refractivity contribution in [3.63, 3.8) is 0 Å². The lowest BCUT2D eigenvalue weighted by Crippen LogP contribution is -2.48. The third-order valence-electron chi connectivity index (χ3n) is 4.59. The number of aryl methyl sites for hydroxylation is 1. The summed E-state index contributed by atoms with van der Waals surface area (Å²) in [6, 6.07) is 3.89. The fraction of sp³-hybridized carbons (Fsp3) is 0.625. The van der Waals surface area contributed by atoms with E-state index in [0.717, 1.165) is 31.4 Å². The SMILES string of the molecule is CCCc1cc(C(=O)N2C3CCC2CC(O)C3)cc(N)n1. The summed E-state index contributed by atoms with van der Waals surface area (Å²) in [4.78, 5) is 19.1. The van der Waals surface area contributed by atoms with Gasteiger partial charge in [-0.15, -0.1) is 0 Å². The van der Waals surface area contributed by atoms with Crippen molar-refractivity contribution in [2.24, 2.45) is 0 Å². The number of hydrogen-bond acceptors (Lipinski definition) is 4. The van der Waals surface area contributed by atoms with Gasteiger partial charge in [-0.3, -0.25) is 4.79 Å². The number of pyridine rings is 1. The van der Waals surface area contributed by atoms with Crippen molar-refractivity contribution < 1.29 is 9.90 Å². The summed E-state index contributed by atoms with van der Waals surface area (Å²) in [6.45, 7) is 2.08. The molecule has 2 saturated heterocycles. The van der Waals surface area contributed by atoms with Crippen molar-refractivity contribution in [1.82, 2.24) is 9.88 Å². The Morgan fingerprint density at radius 2 is 2.05 bits per heavy atom. The monoisotopic (exact) mass is 289 g/mol. The number of aliphatic hydroxyl groups is 1. The molecule has 1 amide bonds. The molecule has 114 valence electrons. The topological polar surface area (TPSA) is 79.5 Å². The molecule has 3 N–H and O–H groups in total. The van der Waals surface area contributed by atoms with Gasteiger partial charge < -0.3 is 15.7 Å². The summed E-state index contributed by atoms with van der Waals surface area (Å²) < 4.78 is 0. The lowest BCUT2D eigenvalue weighted by Gasteiger charge is -2.37. The number of nitrogen functional groups attached to an aromatic ring is 1. The van der Waals surface area contributed by atoms with Gasteiger partial charge in [0.15, 0.2) is 0 Å². The van der Waals surface area contributed by atoms with Gasteiger partial charge in [-0.1, -0.05) is 13.3 Å². The quantitative estimate of drug-likeness (QED) is 0.888. The van der Waals surface area contributed by atoms with E-state index >= 15 is 0 Å². The maximum Gasteiger partial charge on any atom is 0.254 e. The number of piperidine rings is 1. The van der Waals surface area contributed by atoms with E-state index in [1.54, 1.807) is 6.07 Å². The average Bonchev–Trinajstić information content (AvgIpc) is 2.70. The van der Waals surface area contributed by atoms with Crippen molar-refractivity contribution in [2.45, 2.75) is 63.6 Å². The molecule has 2 atom stereocenters. The Hall–Kier alpha value is -1.62. The van der Waals surface area contributed by atoms with Crippen LogP contribution in [0.3, 0.4) is 0 Å².